The van der Waals surface area contributed by atoms with Crippen molar-refractivity contribution in [2.75, 3.05) is 25.0 Å². The molecule has 12 heteroatoms. The molecule has 0 aliphatic carbocycles. The first-order valence-electron chi connectivity index (χ1n) is 11.4. The molecular weight excluding hydrogens is 479 g/mol. The minimum absolute atomic E-state index is 0.0374. The number of nitrogens with one attached hydrogen (secondary N) is 1. The van der Waals surface area contributed by atoms with E-state index in [-0.39, 0.29) is 25.5 Å². The molecule has 0 saturated carbocycles. The number of amides is 2. The molecule has 1 aliphatic rings. The number of likely N-dealkylation sites (tertiary alicyclic amines) is 1. The van der Waals surface area contributed by atoms with Crippen molar-refractivity contribution in [3.05, 3.63) is 54.2 Å². The van der Waals surface area contributed by atoms with E-state index in [0.717, 1.165) is 5.39 Å². The Balaban J connectivity index is 1.45. The summed E-state index contributed by atoms with van der Waals surface area (Å²) in [4.78, 5) is 40.8. The second-order valence-corrected chi connectivity index (χ2v) is 8.71. The molecule has 1 saturated heterocycles. The molecule has 1 aromatic heterocycles. The van der Waals surface area contributed by atoms with Crippen molar-refractivity contribution in [1.82, 2.24) is 9.78 Å². The highest BCUT2D eigenvalue weighted by molar-refractivity contribution is 6.04. The van der Waals surface area contributed by atoms with Crippen LogP contribution in [-0.4, -0.2) is 58.0 Å². The number of nitrogens with two attached hydrogens (primary N) is 1. The minimum Gasteiger partial charge on any atom is -0.366 e. The number of anilines is 1. The molecule has 4 rings (SSSR count). The van der Waals surface area contributed by atoms with Gasteiger partial charge in [0.1, 0.15) is 25.2 Å². The second-order valence-electron chi connectivity index (χ2n) is 8.71. The van der Waals surface area contributed by atoms with Crippen LogP contribution < -0.4 is 11.1 Å². The Bertz CT molecular complexity index is 1310. The molecule has 36 heavy (non-hydrogen) atoms. The molecule has 0 radical (unpaired) electrons. The lowest BCUT2D eigenvalue weighted by molar-refractivity contribution is -1.09. The highest BCUT2D eigenvalue weighted by atomic mass is 19.4. The SMILES string of the molecule is CC[N+]1(OC(=O)C(F)(F)F)CCCC(C(=O)Nc2ccc(-n3cc4cccc(C(N)=O)c4n3)cc2)C1. The van der Waals surface area contributed by atoms with Crippen LogP contribution in [0.5, 0.6) is 0 Å². The van der Waals surface area contributed by atoms with Crippen LogP contribution in [0.3, 0.4) is 0 Å². The second kappa shape index (κ2) is 9.61. The molecule has 2 amide bonds. The lowest BCUT2D eigenvalue weighted by Gasteiger charge is -2.39. The van der Waals surface area contributed by atoms with E-state index >= 15 is 0 Å². The van der Waals surface area contributed by atoms with Gasteiger partial charge in [0.15, 0.2) is 0 Å². The molecule has 0 bridgehead atoms. The van der Waals surface area contributed by atoms with Gasteiger partial charge in [0.25, 0.3) is 5.91 Å². The number of piperidine rings is 1. The third kappa shape index (κ3) is 5.18. The van der Waals surface area contributed by atoms with Crippen LogP contribution in [-0.2, 0) is 14.4 Å². The predicted octanol–water partition coefficient (Wildman–Crippen LogP) is 3.33. The fourth-order valence-electron chi connectivity index (χ4n) is 4.40. The standard InChI is InChI=1S/C24H24F3N5O4/c1-2-32(36-23(35)24(25,26)27)12-4-6-16(14-32)22(34)29-17-8-10-18(11-9-17)31-13-15-5-3-7-19(21(28)33)20(15)30-31/h3,5,7-11,13,16H,2,4,6,12,14H2,1H3,(H2-,28,29,33,34)/p+1. The monoisotopic (exact) mass is 504 g/mol. The Morgan fingerprint density at radius 2 is 1.92 bits per heavy atom. The first-order chi connectivity index (χ1) is 17.0. The van der Waals surface area contributed by atoms with Crippen LogP contribution in [0.15, 0.2) is 48.7 Å². The molecule has 190 valence electrons. The molecule has 1 aliphatic heterocycles. The number of nitrogens with zero attached hydrogens (tertiary/aromatic N) is 3. The van der Waals surface area contributed by atoms with E-state index in [1.807, 2.05) is 6.07 Å². The topological polar surface area (TPSA) is 116 Å². The summed E-state index contributed by atoms with van der Waals surface area (Å²) < 4.78 is 39.2. The van der Waals surface area contributed by atoms with E-state index in [1.165, 1.54) is 0 Å². The molecule has 3 N–H and O–H groups in total. The van der Waals surface area contributed by atoms with Crippen molar-refractivity contribution >= 4 is 34.4 Å². The molecular formula is C24H25F3N5O4+. The fraction of sp³-hybridized carbons (Fsp3) is 0.333. The zero-order valence-corrected chi connectivity index (χ0v) is 19.4. The van der Waals surface area contributed by atoms with Crippen LogP contribution in [0.1, 0.15) is 30.1 Å². The zero-order chi connectivity index (χ0) is 26.1. The number of primary amides is 1. The number of hydrogen-bond donors (Lipinski definition) is 2. The summed E-state index contributed by atoms with van der Waals surface area (Å²) in [6.07, 6.45) is -2.44. The van der Waals surface area contributed by atoms with E-state index in [4.69, 9.17) is 10.6 Å². The number of fused-ring (bicyclic) bond motifs is 1. The van der Waals surface area contributed by atoms with Crippen molar-refractivity contribution in [3.63, 3.8) is 0 Å². The van der Waals surface area contributed by atoms with E-state index in [9.17, 15) is 27.6 Å². The van der Waals surface area contributed by atoms with Gasteiger partial charge in [-0.15, -0.1) is 4.65 Å². The van der Waals surface area contributed by atoms with Gasteiger partial charge in [-0.3, -0.25) is 14.4 Å². The predicted molar refractivity (Wildman–Crippen MR) is 124 cm³/mol. The summed E-state index contributed by atoms with van der Waals surface area (Å²) >= 11 is 0. The van der Waals surface area contributed by atoms with Gasteiger partial charge >= 0.3 is 12.1 Å². The largest absolute Gasteiger partial charge is 0.497 e. The molecule has 3 aromatic rings. The molecule has 2 atom stereocenters. The quantitative estimate of drug-likeness (QED) is 0.500. The summed E-state index contributed by atoms with van der Waals surface area (Å²) in [6.45, 7) is 1.92. The van der Waals surface area contributed by atoms with Gasteiger partial charge in [-0.1, -0.05) is 12.1 Å². The summed E-state index contributed by atoms with van der Waals surface area (Å²) in [7, 11) is 0. The normalized spacial score (nSPS) is 20.2. The summed E-state index contributed by atoms with van der Waals surface area (Å²) in [5.41, 5.74) is 7.38. The van der Waals surface area contributed by atoms with Crippen molar-refractivity contribution in [2.45, 2.75) is 25.9 Å². The Kier molecular flexibility index (Phi) is 6.72. The number of hydrogen-bond acceptors (Lipinski definition) is 5. The zero-order valence-electron chi connectivity index (χ0n) is 19.4. The number of alkyl halides is 3. The number of carbonyl (C=O) groups is 3. The number of rotatable bonds is 6. The average molecular weight is 504 g/mol. The lowest BCUT2D eigenvalue weighted by atomic mass is 9.96. The van der Waals surface area contributed by atoms with Crippen molar-refractivity contribution < 1.29 is 37.0 Å². The first-order valence-corrected chi connectivity index (χ1v) is 11.4. The van der Waals surface area contributed by atoms with Crippen LogP contribution in [0, 0.1) is 5.92 Å². The van der Waals surface area contributed by atoms with Gasteiger partial charge in [0.05, 0.1) is 17.2 Å². The van der Waals surface area contributed by atoms with E-state index in [1.54, 1.807) is 54.2 Å². The van der Waals surface area contributed by atoms with E-state index < -0.39 is 28.6 Å². The lowest BCUT2D eigenvalue weighted by Crippen LogP contribution is -2.58. The van der Waals surface area contributed by atoms with E-state index in [0.29, 0.717) is 35.3 Å². The molecule has 2 aromatic carbocycles. The Morgan fingerprint density at radius 3 is 2.56 bits per heavy atom. The maximum absolute atomic E-state index is 12.9. The summed E-state index contributed by atoms with van der Waals surface area (Å²) in [5.74, 6) is -3.82. The highest BCUT2D eigenvalue weighted by Crippen LogP contribution is 2.29. The Morgan fingerprint density at radius 1 is 1.19 bits per heavy atom. The molecule has 2 unspecified atom stereocenters. The van der Waals surface area contributed by atoms with Gasteiger partial charge < -0.3 is 11.1 Å². The number of benzene rings is 2. The van der Waals surface area contributed by atoms with Crippen LogP contribution in [0.25, 0.3) is 16.6 Å². The molecule has 9 nitrogen and oxygen atoms in total. The van der Waals surface area contributed by atoms with Crippen LogP contribution >= 0.6 is 0 Å². The molecule has 2 heterocycles. The van der Waals surface area contributed by atoms with Crippen molar-refractivity contribution in [3.8, 4) is 5.69 Å². The van der Waals surface area contributed by atoms with Gasteiger partial charge in [0, 0.05) is 23.7 Å². The molecule has 1 fully saturated rings. The number of hydroxylamine groups is 3. The maximum Gasteiger partial charge on any atom is 0.497 e. The summed E-state index contributed by atoms with van der Waals surface area (Å²) in [6, 6.07) is 11.9. The smallest absolute Gasteiger partial charge is 0.366 e. The van der Waals surface area contributed by atoms with E-state index in [2.05, 4.69) is 10.4 Å². The molecule has 0 spiro atoms. The third-order valence-electron chi connectivity index (χ3n) is 6.33. The van der Waals surface area contributed by atoms with Gasteiger partial charge in [-0.05, 0) is 43.7 Å². The fourth-order valence-corrected chi connectivity index (χ4v) is 4.40. The van der Waals surface area contributed by atoms with Crippen LogP contribution in [0.4, 0.5) is 18.9 Å². The number of carbonyl (C=O) groups excluding carboxylic acids is 3. The van der Waals surface area contributed by atoms with Crippen LogP contribution in [0.2, 0.25) is 0 Å². The minimum atomic E-state index is -5.10. The average Bonchev–Trinajstić information content (AvgIpc) is 3.28. The first kappa shape index (κ1) is 25.2. The van der Waals surface area contributed by atoms with Gasteiger partial charge in [-0.2, -0.15) is 18.3 Å². The Hall–Kier alpha value is -3.93. The highest BCUT2D eigenvalue weighted by Gasteiger charge is 2.49. The summed E-state index contributed by atoms with van der Waals surface area (Å²) in [5, 5.41) is 7.96. The number of aromatic nitrogens is 2. The van der Waals surface area contributed by atoms with Crippen molar-refractivity contribution in [1.29, 1.82) is 0 Å². The Labute approximate surface area is 204 Å². The number of quaternary nitrogens is 1. The number of halogens is 3. The third-order valence-corrected chi connectivity index (χ3v) is 6.33. The maximum atomic E-state index is 12.9. The van der Waals surface area contributed by atoms with Gasteiger partial charge in [0.2, 0.25) is 5.91 Å². The van der Waals surface area contributed by atoms with Gasteiger partial charge in [-0.25, -0.2) is 9.48 Å². The van der Waals surface area contributed by atoms with Crippen molar-refractivity contribution in [2.24, 2.45) is 11.7 Å².